The molecule has 1 aromatic rings. The van der Waals surface area contributed by atoms with E-state index in [2.05, 4.69) is 20.9 Å². The van der Waals surface area contributed by atoms with Crippen LogP contribution in [-0.4, -0.2) is 40.0 Å². The van der Waals surface area contributed by atoms with E-state index in [1.165, 1.54) is 11.1 Å². The molecule has 0 saturated carbocycles. The van der Waals surface area contributed by atoms with E-state index >= 15 is 0 Å². The van der Waals surface area contributed by atoms with Crippen molar-refractivity contribution in [1.29, 1.82) is 0 Å². The predicted molar refractivity (Wildman–Crippen MR) is 65.8 cm³/mol. The molecule has 1 N–H and O–H groups in total. The van der Waals surface area contributed by atoms with Gasteiger partial charge in [-0.05, 0) is 34.5 Å². The summed E-state index contributed by atoms with van der Waals surface area (Å²) in [5, 5.41) is 8.73. The smallest absolute Gasteiger partial charge is 0.323 e. The van der Waals surface area contributed by atoms with Crippen LogP contribution in [0, 0.1) is 0 Å². The minimum atomic E-state index is -1.02. The van der Waals surface area contributed by atoms with Crippen LogP contribution in [0.5, 0.6) is 0 Å². The molecule has 1 aromatic heterocycles. The molecule has 5 nitrogen and oxygen atoms in total. The molecule has 0 spiro atoms. The van der Waals surface area contributed by atoms with Gasteiger partial charge in [-0.15, -0.1) is 0 Å². The molecule has 0 unspecified atom stereocenters. The lowest BCUT2D eigenvalue weighted by molar-refractivity contribution is -0.137. The van der Waals surface area contributed by atoms with Gasteiger partial charge in [-0.2, -0.15) is 0 Å². The molecule has 6 heteroatoms. The first kappa shape index (κ1) is 13.6. The number of amides is 1. The number of aromatic nitrogens is 1. The second kappa shape index (κ2) is 6.34. The maximum absolute atomic E-state index is 12.0. The molecule has 92 valence electrons. The normalized spacial score (nSPS) is 10.0. The van der Waals surface area contributed by atoms with Crippen molar-refractivity contribution < 1.29 is 14.7 Å². The third kappa shape index (κ3) is 4.14. The molecule has 0 fully saturated rings. The standard InChI is InChI=1S/C11H13BrN2O3/c1-2-5-14(7-10(15)16)11(17)9-4-3-8(12)6-13-9/h3-4,6H,2,5,7H2,1H3,(H,15,16). The van der Waals surface area contributed by atoms with Gasteiger partial charge in [0.05, 0.1) is 0 Å². The fourth-order valence-corrected chi connectivity index (χ4v) is 1.58. The number of rotatable bonds is 5. The summed E-state index contributed by atoms with van der Waals surface area (Å²) >= 11 is 3.22. The Morgan fingerprint density at radius 3 is 2.65 bits per heavy atom. The molecule has 0 aliphatic heterocycles. The average Bonchev–Trinajstić information content (AvgIpc) is 2.28. The highest BCUT2D eigenvalue weighted by molar-refractivity contribution is 9.10. The van der Waals surface area contributed by atoms with Crippen LogP contribution in [0.15, 0.2) is 22.8 Å². The number of halogens is 1. The number of hydrogen-bond donors (Lipinski definition) is 1. The maximum atomic E-state index is 12.0. The molecule has 1 amide bonds. The molecule has 0 aliphatic carbocycles. The van der Waals surface area contributed by atoms with Gasteiger partial charge in [0.15, 0.2) is 0 Å². The SMILES string of the molecule is CCCN(CC(=O)O)C(=O)c1ccc(Br)cn1. The van der Waals surface area contributed by atoms with Crippen LogP contribution < -0.4 is 0 Å². The van der Waals surface area contributed by atoms with Gasteiger partial charge >= 0.3 is 5.97 Å². The van der Waals surface area contributed by atoms with Crippen molar-refractivity contribution in [3.63, 3.8) is 0 Å². The summed E-state index contributed by atoms with van der Waals surface area (Å²) in [6, 6.07) is 3.27. The fraction of sp³-hybridized carbons (Fsp3) is 0.364. The number of carbonyl (C=O) groups is 2. The first-order valence-electron chi connectivity index (χ1n) is 5.17. The van der Waals surface area contributed by atoms with E-state index in [4.69, 9.17) is 5.11 Å². The molecule has 0 saturated heterocycles. The summed E-state index contributed by atoms with van der Waals surface area (Å²) in [6.45, 7) is 1.99. The van der Waals surface area contributed by atoms with Crippen LogP contribution in [0.3, 0.4) is 0 Å². The number of carboxylic acid groups (broad SMARTS) is 1. The zero-order chi connectivity index (χ0) is 12.8. The van der Waals surface area contributed by atoms with Crippen molar-refractivity contribution in [1.82, 2.24) is 9.88 Å². The van der Waals surface area contributed by atoms with Crippen LogP contribution in [-0.2, 0) is 4.79 Å². The largest absolute Gasteiger partial charge is 0.480 e. The lowest BCUT2D eigenvalue weighted by Gasteiger charge is -2.19. The average molecular weight is 301 g/mol. The Kier molecular flexibility index (Phi) is 5.09. The number of carboxylic acids is 1. The molecule has 1 heterocycles. The van der Waals surface area contributed by atoms with Gasteiger partial charge in [-0.25, -0.2) is 4.98 Å². The monoisotopic (exact) mass is 300 g/mol. The Morgan fingerprint density at radius 2 is 2.18 bits per heavy atom. The molecule has 0 aromatic carbocycles. The molecule has 0 atom stereocenters. The predicted octanol–water partition coefficient (Wildman–Crippen LogP) is 1.78. The second-order valence-electron chi connectivity index (χ2n) is 3.48. The van der Waals surface area contributed by atoms with Crippen LogP contribution in [0.4, 0.5) is 0 Å². The van der Waals surface area contributed by atoms with Crippen molar-refractivity contribution in [2.45, 2.75) is 13.3 Å². The van der Waals surface area contributed by atoms with Crippen LogP contribution in [0.1, 0.15) is 23.8 Å². The molecule has 1 rings (SSSR count). The summed E-state index contributed by atoms with van der Waals surface area (Å²) < 4.78 is 0.773. The Balaban J connectivity index is 2.83. The Hall–Kier alpha value is -1.43. The molecule has 0 aliphatic rings. The van der Waals surface area contributed by atoms with E-state index in [1.54, 1.807) is 12.1 Å². The van der Waals surface area contributed by atoms with Gasteiger partial charge < -0.3 is 10.0 Å². The minimum Gasteiger partial charge on any atom is -0.480 e. The number of aliphatic carboxylic acids is 1. The summed E-state index contributed by atoms with van der Waals surface area (Å²) in [7, 11) is 0. The highest BCUT2D eigenvalue weighted by atomic mass is 79.9. The number of carbonyl (C=O) groups excluding carboxylic acids is 1. The number of nitrogens with zero attached hydrogens (tertiary/aromatic N) is 2. The van der Waals surface area contributed by atoms with E-state index in [0.29, 0.717) is 13.0 Å². The number of hydrogen-bond acceptors (Lipinski definition) is 3. The second-order valence-corrected chi connectivity index (χ2v) is 4.40. The van der Waals surface area contributed by atoms with Gasteiger partial charge in [-0.1, -0.05) is 6.92 Å². The van der Waals surface area contributed by atoms with Gasteiger partial charge in [0.2, 0.25) is 0 Å². The highest BCUT2D eigenvalue weighted by Gasteiger charge is 2.18. The van der Waals surface area contributed by atoms with Crippen LogP contribution in [0.2, 0.25) is 0 Å². The summed E-state index contributed by atoms with van der Waals surface area (Å²) in [6.07, 6.45) is 2.22. The van der Waals surface area contributed by atoms with Crippen LogP contribution in [0.25, 0.3) is 0 Å². The van der Waals surface area contributed by atoms with E-state index in [-0.39, 0.29) is 18.1 Å². The summed E-state index contributed by atoms with van der Waals surface area (Å²) in [5.41, 5.74) is 0.253. The maximum Gasteiger partial charge on any atom is 0.323 e. The van der Waals surface area contributed by atoms with Gasteiger partial charge in [0.25, 0.3) is 5.91 Å². The van der Waals surface area contributed by atoms with Gasteiger partial charge in [0, 0.05) is 17.2 Å². The summed E-state index contributed by atoms with van der Waals surface area (Å²) in [5.74, 6) is -1.38. The van der Waals surface area contributed by atoms with Crippen molar-refractivity contribution in [2.24, 2.45) is 0 Å². The van der Waals surface area contributed by atoms with Crippen molar-refractivity contribution in [3.05, 3.63) is 28.5 Å². The topological polar surface area (TPSA) is 70.5 Å². The first-order chi connectivity index (χ1) is 8.04. The minimum absolute atomic E-state index is 0.253. The summed E-state index contributed by atoms with van der Waals surface area (Å²) in [4.78, 5) is 27.9. The Labute approximate surface area is 108 Å². The Bertz CT molecular complexity index is 406. The molecule has 0 bridgehead atoms. The highest BCUT2D eigenvalue weighted by Crippen LogP contribution is 2.09. The van der Waals surface area contributed by atoms with Crippen molar-refractivity contribution in [3.8, 4) is 0 Å². The van der Waals surface area contributed by atoms with Crippen molar-refractivity contribution >= 4 is 27.8 Å². The zero-order valence-corrected chi connectivity index (χ0v) is 11.0. The lowest BCUT2D eigenvalue weighted by atomic mass is 10.3. The van der Waals surface area contributed by atoms with Crippen LogP contribution >= 0.6 is 15.9 Å². The fourth-order valence-electron chi connectivity index (χ4n) is 1.35. The van der Waals surface area contributed by atoms with E-state index in [0.717, 1.165) is 4.47 Å². The zero-order valence-electron chi connectivity index (χ0n) is 9.39. The lowest BCUT2D eigenvalue weighted by Crippen LogP contribution is -2.36. The molecular formula is C11H13BrN2O3. The number of pyridine rings is 1. The van der Waals surface area contributed by atoms with E-state index in [9.17, 15) is 9.59 Å². The van der Waals surface area contributed by atoms with Gasteiger partial charge in [0.1, 0.15) is 12.2 Å². The van der Waals surface area contributed by atoms with E-state index < -0.39 is 5.97 Å². The molecule has 0 radical (unpaired) electrons. The van der Waals surface area contributed by atoms with Crippen molar-refractivity contribution in [2.75, 3.05) is 13.1 Å². The molecular weight excluding hydrogens is 288 g/mol. The molecule has 17 heavy (non-hydrogen) atoms. The Morgan fingerprint density at radius 1 is 1.47 bits per heavy atom. The first-order valence-corrected chi connectivity index (χ1v) is 5.96. The van der Waals surface area contributed by atoms with E-state index in [1.807, 2.05) is 6.92 Å². The third-order valence-electron chi connectivity index (χ3n) is 2.05. The third-order valence-corrected chi connectivity index (χ3v) is 2.52. The van der Waals surface area contributed by atoms with Gasteiger partial charge in [-0.3, -0.25) is 9.59 Å². The quantitative estimate of drug-likeness (QED) is 0.900.